The van der Waals surface area contributed by atoms with Crippen LogP contribution in [0.15, 0.2) is 29.6 Å². The second-order valence-electron chi connectivity index (χ2n) is 4.40. The van der Waals surface area contributed by atoms with Gasteiger partial charge in [-0.2, -0.15) is 0 Å². The van der Waals surface area contributed by atoms with Gasteiger partial charge in [0.2, 0.25) is 11.8 Å². The lowest BCUT2D eigenvalue weighted by Gasteiger charge is -2.17. The molecular formula is C13H15N3O3. The van der Waals surface area contributed by atoms with Crippen LogP contribution in [0.1, 0.15) is 24.8 Å². The van der Waals surface area contributed by atoms with Gasteiger partial charge in [0.25, 0.3) is 0 Å². The van der Waals surface area contributed by atoms with Crippen LogP contribution in [0.2, 0.25) is 0 Å². The predicted molar refractivity (Wildman–Crippen MR) is 70.4 cm³/mol. The normalized spacial score (nSPS) is 18.8. The summed E-state index contributed by atoms with van der Waals surface area (Å²) in [5.41, 5.74) is 1.22. The maximum absolute atomic E-state index is 12.2. The van der Waals surface area contributed by atoms with Crippen LogP contribution in [-0.4, -0.2) is 30.3 Å². The number of nitroso groups, excluding NO2 is 1. The van der Waals surface area contributed by atoms with E-state index in [9.17, 15) is 14.5 Å². The summed E-state index contributed by atoms with van der Waals surface area (Å²) < 4.78 is 0. The van der Waals surface area contributed by atoms with E-state index in [0.29, 0.717) is 17.8 Å². The fraction of sp³-hybridized carbons (Fsp3) is 0.385. The molecule has 1 aliphatic rings. The van der Waals surface area contributed by atoms with Crippen LogP contribution in [0, 0.1) is 4.91 Å². The number of amides is 2. The molecule has 1 atom stereocenters. The molecule has 100 valence electrons. The lowest BCUT2D eigenvalue weighted by atomic mass is 9.95. The van der Waals surface area contributed by atoms with Crippen LogP contribution in [0.3, 0.4) is 0 Å². The number of likely N-dealkylation sites (N-methyl/N-ethyl adjacent to an activating group) is 1. The number of benzene rings is 1. The zero-order valence-corrected chi connectivity index (χ0v) is 10.9. The number of likely N-dealkylation sites (tertiary alicyclic amines) is 1. The van der Waals surface area contributed by atoms with Gasteiger partial charge in [-0.15, -0.1) is 4.91 Å². The van der Waals surface area contributed by atoms with Crippen LogP contribution in [-0.2, 0) is 9.59 Å². The first kappa shape index (κ1) is 13.2. The highest BCUT2D eigenvalue weighted by molar-refractivity contribution is 6.06. The molecule has 1 fully saturated rings. The molecule has 1 aromatic carbocycles. The maximum atomic E-state index is 12.2. The zero-order valence-electron chi connectivity index (χ0n) is 10.9. The summed E-state index contributed by atoms with van der Waals surface area (Å²) in [6.45, 7) is 2.14. The Bertz CT molecular complexity index is 530. The molecule has 1 saturated heterocycles. The molecule has 6 heteroatoms. The van der Waals surface area contributed by atoms with Gasteiger partial charge in [-0.05, 0) is 18.6 Å². The summed E-state index contributed by atoms with van der Waals surface area (Å²) in [6, 6.07) is 7.01. The van der Waals surface area contributed by atoms with Crippen molar-refractivity contribution in [2.24, 2.45) is 5.29 Å². The van der Waals surface area contributed by atoms with Crippen molar-refractivity contribution in [3.8, 4) is 0 Å². The number of carbonyl (C=O) groups excluding carboxylic acids is 2. The minimum Gasteiger partial charge on any atom is -0.282 e. The van der Waals surface area contributed by atoms with Crippen molar-refractivity contribution in [3.05, 3.63) is 34.7 Å². The number of imide groups is 1. The van der Waals surface area contributed by atoms with Crippen LogP contribution < -0.4 is 5.01 Å². The Kier molecular flexibility index (Phi) is 3.59. The first-order valence-corrected chi connectivity index (χ1v) is 6.10. The summed E-state index contributed by atoms with van der Waals surface area (Å²) in [4.78, 5) is 35.8. The number of hydrogen-bond acceptors (Lipinski definition) is 4. The summed E-state index contributed by atoms with van der Waals surface area (Å²) in [5, 5.41) is 4.02. The molecule has 1 aromatic rings. The molecule has 1 aliphatic heterocycles. The lowest BCUT2D eigenvalue weighted by Crippen LogP contribution is -2.30. The summed E-state index contributed by atoms with van der Waals surface area (Å²) in [6.07, 6.45) is 0.149. The quantitative estimate of drug-likeness (QED) is 0.469. The number of anilines is 1. The predicted octanol–water partition coefficient (Wildman–Crippen LogP) is 1.67. The number of carbonyl (C=O) groups is 2. The van der Waals surface area contributed by atoms with Crippen molar-refractivity contribution < 1.29 is 9.59 Å². The van der Waals surface area contributed by atoms with Gasteiger partial charge >= 0.3 is 0 Å². The third-order valence-corrected chi connectivity index (χ3v) is 3.34. The van der Waals surface area contributed by atoms with E-state index in [1.54, 1.807) is 31.2 Å². The molecule has 0 spiro atoms. The second kappa shape index (κ2) is 5.17. The molecule has 1 heterocycles. The number of hydrogen-bond donors (Lipinski definition) is 0. The Labute approximate surface area is 110 Å². The minimum absolute atomic E-state index is 0.149. The molecule has 0 aliphatic carbocycles. The maximum Gasteiger partial charge on any atom is 0.237 e. The molecule has 0 radical (unpaired) electrons. The molecule has 0 saturated carbocycles. The molecule has 0 unspecified atom stereocenters. The fourth-order valence-electron chi connectivity index (χ4n) is 2.38. The van der Waals surface area contributed by atoms with Gasteiger partial charge < -0.3 is 0 Å². The van der Waals surface area contributed by atoms with Gasteiger partial charge in [0.1, 0.15) is 0 Å². The van der Waals surface area contributed by atoms with E-state index in [0.717, 1.165) is 0 Å². The topological polar surface area (TPSA) is 70.1 Å². The summed E-state index contributed by atoms with van der Waals surface area (Å²) in [7, 11) is 1.52. The lowest BCUT2D eigenvalue weighted by molar-refractivity contribution is -0.138. The molecule has 0 aromatic heterocycles. The van der Waals surface area contributed by atoms with Gasteiger partial charge in [-0.1, -0.05) is 18.2 Å². The second-order valence-corrected chi connectivity index (χ2v) is 4.40. The first-order chi connectivity index (χ1) is 9.10. The van der Waals surface area contributed by atoms with Crippen molar-refractivity contribution in [2.45, 2.75) is 19.3 Å². The van der Waals surface area contributed by atoms with Gasteiger partial charge in [0.05, 0.1) is 16.9 Å². The summed E-state index contributed by atoms with van der Waals surface area (Å²) >= 11 is 0. The summed E-state index contributed by atoms with van der Waals surface area (Å²) in [5.74, 6) is -0.902. The van der Waals surface area contributed by atoms with E-state index < -0.39 is 5.92 Å². The fourth-order valence-corrected chi connectivity index (χ4v) is 2.38. The van der Waals surface area contributed by atoms with Crippen molar-refractivity contribution in [3.63, 3.8) is 0 Å². The zero-order chi connectivity index (χ0) is 14.0. The Morgan fingerprint density at radius 3 is 2.63 bits per heavy atom. The number of para-hydroxylation sites is 1. The van der Waals surface area contributed by atoms with Gasteiger partial charge in [-0.25, -0.2) is 5.01 Å². The van der Waals surface area contributed by atoms with E-state index in [4.69, 9.17) is 0 Å². The third-order valence-electron chi connectivity index (χ3n) is 3.34. The highest BCUT2D eigenvalue weighted by Gasteiger charge is 2.39. The average Bonchev–Trinajstić information content (AvgIpc) is 2.72. The van der Waals surface area contributed by atoms with E-state index in [2.05, 4.69) is 5.29 Å². The standard InChI is InChI=1S/C13H15N3O3/c1-3-16-12(17)8-10(13(16)18)9-6-4-5-7-11(9)15(2)14-19/h4-7,10H,3,8H2,1-2H3/t10-/m0/s1. The Balaban J connectivity index is 2.41. The van der Waals surface area contributed by atoms with Crippen LogP contribution in [0.25, 0.3) is 0 Å². The molecule has 6 nitrogen and oxygen atoms in total. The smallest absolute Gasteiger partial charge is 0.237 e. The van der Waals surface area contributed by atoms with Gasteiger partial charge in [-0.3, -0.25) is 14.5 Å². The first-order valence-electron chi connectivity index (χ1n) is 6.10. The Hall–Kier alpha value is -2.24. The highest BCUT2D eigenvalue weighted by Crippen LogP contribution is 2.35. The van der Waals surface area contributed by atoms with Crippen LogP contribution in [0.4, 0.5) is 5.69 Å². The van der Waals surface area contributed by atoms with Crippen LogP contribution in [0.5, 0.6) is 0 Å². The molecule has 2 rings (SSSR count). The molecule has 0 N–H and O–H groups in total. The van der Waals surface area contributed by atoms with Crippen molar-refractivity contribution in [1.82, 2.24) is 4.90 Å². The highest BCUT2D eigenvalue weighted by atomic mass is 16.3. The monoisotopic (exact) mass is 261 g/mol. The van der Waals surface area contributed by atoms with Gasteiger partial charge in [0, 0.05) is 20.0 Å². The molecule has 2 amide bonds. The number of nitrogens with zero attached hydrogens (tertiary/aromatic N) is 3. The third kappa shape index (κ3) is 2.21. The molecule has 0 bridgehead atoms. The number of rotatable bonds is 4. The van der Waals surface area contributed by atoms with E-state index in [1.807, 2.05) is 0 Å². The molecule has 19 heavy (non-hydrogen) atoms. The Morgan fingerprint density at radius 2 is 2.05 bits per heavy atom. The van der Waals surface area contributed by atoms with E-state index in [1.165, 1.54) is 17.0 Å². The molecular weight excluding hydrogens is 246 g/mol. The van der Waals surface area contributed by atoms with Crippen molar-refractivity contribution in [2.75, 3.05) is 18.6 Å². The SMILES string of the molecule is CCN1C(=O)C[C@@H](c2ccccc2N(C)N=O)C1=O. The van der Waals surface area contributed by atoms with Crippen molar-refractivity contribution >= 4 is 17.5 Å². The minimum atomic E-state index is -0.521. The average molecular weight is 261 g/mol. The largest absolute Gasteiger partial charge is 0.282 e. The van der Waals surface area contributed by atoms with E-state index >= 15 is 0 Å². The Morgan fingerprint density at radius 1 is 1.37 bits per heavy atom. The van der Waals surface area contributed by atoms with E-state index in [-0.39, 0.29) is 18.2 Å². The van der Waals surface area contributed by atoms with Crippen molar-refractivity contribution in [1.29, 1.82) is 0 Å². The van der Waals surface area contributed by atoms with Crippen LogP contribution >= 0.6 is 0 Å². The van der Waals surface area contributed by atoms with Gasteiger partial charge in [0.15, 0.2) is 0 Å².